The maximum absolute atomic E-state index is 11.7. The first kappa shape index (κ1) is 26.8. The fourth-order valence-corrected chi connectivity index (χ4v) is 3.71. The van der Waals surface area contributed by atoms with E-state index in [0.29, 0.717) is 13.2 Å². The Morgan fingerprint density at radius 1 is 0.733 bits per heavy atom. The fraction of sp³-hybridized carbons (Fsp3) is 0.720. The van der Waals surface area contributed by atoms with Gasteiger partial charge in [0.25, 0.3) is 0 Å². The van der Waals surface area contributed by atoms with E-state index in [2.05, 4.69) is 33.5 Å². The van der Waals surface area contributed by atoms with Gasteiger partial charge in [0.1, 0.15) is 12.4 Å². The Bertz CT molecular complexity index is 522. The van der Waals surface area contributed by atoms with Crippen molar-refractivity contribution in [3.05, 3.63) is 28.7 Å². The molecule has 4 nitrogen and oxygen atoms in total. The zero-order valence-corrected chi connectivity index (χ0v) is 20.6. The van der Waals surface area contributed by atoms with Gasteiger partial charge in [0.15, 0.2) is 0 Å². The summed E-state index contributed by atoms with van der Waals surface area (Å²) >= 11 is 3.39. The Balaban J connectivity index is 1.78. The summed E-state index contributed by atoms with van der Waals surface area (Å²) in [6.07, 6.45) is 18.9. The van der Waals surface area contributed by atoms with Crippen LogP contribution in [0.5, 0.6) is 5.75 Å². The van der Waals surface area contributed by atoms with Crippen LogP contribution in [0.4, 0.5) is 4.79 Å². The van der Waals surface area contributed by atoms with Gasteiger partial charge in [-0.05, 0) is 30.7 Å². The first-order chi connectivity index (χ1) is 14.7. The molecule has 30 heavy (non-hydrogen) atoms. The molecule has 0 aliphatic carbocycles. The molecule has 0 aromatic heterocycles. The maximum atomic E-state index is 11.7. The van der Waals surface area contributed by atoms with E-state index < -0.39 is 0 Å². The van der Waals surface area contributed by atoms with E-state index in [1.807, 2.05) is 24.3 Å². The number of ether oxygens (including phenoxy) is 1. The van der Waals surface area contributed by atoms with Crippen molar-refractivity contribution in [1.29, 1.82) is 0 Å². The molecule has 0 fully saturated rings. The van der Waals surface area contributed by atoms with Crippen LogP contribution in [0.25, 0.3) is 0 Å². The van der Waals surface area contributed by atoms with Crippen molar-refractivity contribution in [3.63, 3.8) is 0 Å². The molecule has 0 aliphatic heterocycles. The Morgan fingerprint density at radius 2 is 1.20 bits per heavy atom. The number of hydrogen-bond acceptors (Lipinski definition) is 2. The predicted octanol–water partition coefficient (Wildman–Crippen LogP) is 7.61. The predicted molar refractivity (Wildman–Crippen MR) is 131 cm³/mol. The lowest BCUT2D eigenvalue weighted by Crippen LogP contribution is -2.38. The maximum Gasteiger partial charge on any atom is 0.314 e. The number of hydrogen-bond donors (Lipinski definition) is 2. The fourth-order valence-electron chi connectivity index (χ4n) is 3.45. The number of benzene rings is 1. The molecule has 5 heteroatoms. The summed E-state index contributed by atoms with van der Waals surface area (Å²) in [7, 11) is 0. The van der Waals surface area contributed by atoms with Gasteiger partial charge in [-0.25, -0.2) is 4.79 Å². The van der Waals surface area contributed by atoms with E-state index >= 15 is 0 Å². The standard InChI is InChI=1S/C25H43BrN2O2/c1-2-3-4-5-6-7-8-9-10-11-12-13-14-15-20-27-25(29)28-21-22-30-24-18-16-23(26)17-19-24/h16-19H,2-15,20-22H2,1H3,(H2,27,28,29). The zero-order chi connectivity index (χ0) is 21.7. The van der Waals surface area contributed by atoms with Gasteiger partial charge >= 0.3 is 6.03 Å². The first-order valence-corrected chi connectivity index (χ1v) is 12.9. The van der Waals surface area contributed by atoms with Crippen LogP contribution in [0.3, 0.4) is 0 Å². The Hall–Kier alpha value is -1.23. The molecule has 1 rings (SSSR count). The largest absolute Gasteiger partial charge is 0.492 e. The van der Waals surface area contributed by atoms with Crippen molar-refractivity contribution in [2.45, 2.75) is 96.8 Å². The molecule has 0 spiro atoms. The van der Waals surface area contributed by atoms with Gasteiger partial charge in [0.2, 0.25) is 0 Å². The van der Waals surface area contributed by atoms with E-state index in [9.17, 15) is 4.79 Å². The number of carbonyl (C=O) groups is 1. The van der Waals surface area contributed by atoms with Crippen molar-refractivity contribution < 1.29 is 9.53 Å². The molecular weight excluding hydrogens is 440 g/mol. The van der Waals surface area contributed by atoms with Gasteiger partial charge in [0.05, 0.1) is 6.54 Å². The van der Waals surface area contributed by atoms with Crippen molar-refractivity contribution >= 4 is 22.0 Å². The van der Waals surface area contributed by atoms with Crippen molar-refractivity contribution in [2.75, 3.05) is 19.7 Å². The minimum Gasteiger partial charge on any atom is -0.492 e. The normalized spacial score (nSPS) is 10.7. The van der Waals surface area contributed by atoms with E-state index in [-0.39, 0.29) is 6.03 Å². The molecule has 0 saturated heterocycles. The number of carbonyl (C=O) groups excluding carboxylic acids is 1. The lowest BCUT2D eigenvalue weighted by Gasteiger charge is -2.09. The third kappa shape index (κ3) is 16.6. The smallest absolute Gasteiger partial charge is 0.314 e. The molecule has 0 bridgehead atoms. The van der Waals surface area contributed by atoms with Crippen LogP contribution < -0.4 is 15.4 Å². The lowest BCUT2D eigenvalue weighted by molar-refractivity contribution is 0.236. The Labute approximate surface area is 193 Å². The van der Waals surface area contributed by atoms with Crippen LogP contribution in [-0.2, 0) is 0 Å². The average molecular weight is 484 g/mol. The van der Waals surface area contributed by atoms with Crippen LogP contribution in [0.15, 0.2) is 28.7 Å². The summed E-state index contributed by atoms with van der Waals surface area (Å²) in [5.41, 5.74) is 0. The number of amides is 2. The van der Waals surface area contributed by atoms with Gasteiger partial charge in [-0.3, -0.25) is 0 Å². The summed E-state index contributed by atoms with van der Waals surface area (Å²) in [5.74, 6) is 0.808. The molecule has 0 heterocycles. The van der Waals surface area contributed by atoms with Crippen LogP contribution in [0, 0.1) is 0 Å². The monoisotopic (exact) mass is 482 g/mol. The average Bonchev–Trinajstić information content (AvgIpc) is 2.75. The highest BCUT2D eigenvalue weighted by Gasteiger charge is 2.00. The molecule has 0 aliphatic rings. The molecule has 1 aromatic rings. The van der Waals surface area contributed by atoms with E-state index in [1.165, 1.54) is 83.5 Å². The molecule has 1 aromatic carbocycles. The highest BCUT2D eigenvalue weighted by molar-refractivity contribution is 9.10. The summed E-state index contributed by atoms with van der Waals surface area (Å²) in [5, 5.41) is 5.75. The van der Waals surface area contributed by atoms with Gasteiger partial charge in [-0.2, -0.15) is 0 Å². The third-order valence-corrected chi connectivity index (χ3v) is 5.81. The van der Waals surface area contributed by atoms with Crippen LogP contribution >= 0.6 is 15.9 Å². The van der Waals surface area contributed by atoms with Crippen molar-refractivity contribution in [1.82, 2.24) is 10.6 Å². The number of nitrogens with one attached hydrogen (secondary N) is 2. The SMILES string of the molecule is CCCCCCCCCCCCCCCCNC(=O)NCCOc1ccc(Br)cc1. The van der Waals surface area contributed by atoms with E-state index in [0.717, 1.165) is 23.2 Å². The van der Waals surface area contributed by atoms with Gasteiger partial charge < -0.3 is 15.4 Å². The molecular formula is C25H43BrN2O2. The van der Waals surface area contributed by atoms with Gasteiger partial charge in [0, 0.05) is 11.0 Å². The van der Waals surface area contributed by atoms with E-state index in [1.54, 1.807) is 0 Å². The second-order valence-electron chi connectivity index (χ2n) is 8.08. The van der Waals surface area contributed by atoms with Gasteiger partial charge in [-0.1, -0.05) is 106 Å². The van der Waals surface area contributed by atoms with Crippen LogP contribution in [0.1, 0.15) is 96.8 Å². The Kier molecular flexibility index (Phi) is 17.6. The number of rotatable bonds is 19. The van der Waals surface area contributed by atoms with Crippen molar-refractivity contribution in [2.24, 2.45) is 0 Å². The number of urea groups is 1. The lowest BCUT2D eigenvalue weighted by atomic mass is 10.0. The Morgan fingerprint density at radius 3 is 1.73 bits per heavy atom. The highest BCUT2D eigenvalue weighted by atomic mass is 79.9. The molecule has 0 unspecified atom stereocenters. The van der Waals surface area contributed by atoms with Crippen LogP contribution in [0.2, 0.25) is 0 Å². The minimum atomic E-state index is -0.107. The molecule has 2 amide bonds. The van der Waals surface area contributed by atoms with E-state index in [4.69, 9.17) is 4.74 Å². The molecule has 0 atom stereocenters. The summed E-state index contributed by atoms with van der Waals surface area (Å²) < 4.78 is 6.60. The molecule has 2 N–H and O–H groups in total. The minimum absolute atomic E-state index is 0.107. The third-order valence-electron chi connectivity index (χ3n) is 5.29. The summed E-state index contributed by atoms with van der Waals surface area (Å²) in [6, 6.07) is 7.57. The van der Waals surface area contributed by atoms with Gasteiger partial charge in [-0.15, -0.1) is 0 Å². The second kappa shape index (κ2) is 19.7. The molecule has 0 saturated carbocycles. The number of halogens is 1. The first-order valence-electron chi connectivity index (χ1n) is 12.1. The topological polar surface area (TPSA) is 50.4 Å². The van der Waals surface area contributed by atoms with Crippen molar-refractivity contribution in [3.8, 4) is 5.75 Å². The summed E-state index contributed by atoms with van der Waals surface area (Å²) in [6.45, 7) is 3.99. The summed E-state index contributed by atoms with van der Waals surface area (Å²) in [4.78, 5) is 11.7. The molecule has 0 radical (unpaired) electrons. The molecule has 172 valence electrons. The highest BCUT2D eigenvalue weighted by Crippen LogP contribution is 2.16. The second-order valence-corrected chi connectivity index (χ2v) is 9.00. The zero-order valence-electron chi connectivity index (χ0n) is 19.0. The van der Waals surface area contributed by atoms with Crippen LogP contribution in [-0.4, -0.2) is 25.7 Å². The number of unbranched alkanes of at least 4 members (excludes halogenated alkanes) is 13. The quantitative estimate of drug-likeness (QED) is 0.199.